The zero-order chi connectivity index (χ0) is 14.1. The van der Waals surface area contributed by atoms with E-state index in [1.54, 1.807) is 0 Å². The number of nitrogens with zero attached hydrogens (tertiary/aromatic N) is 3. The molecule has 98 valence electrons. The van der Waals surface area contributed by atoms with Crippen LogP contribution in [0.2, 0.25) is 0 Å². The van der Waals surface area contributed by atoms with Crippen LogP contribution < -0.4 is 0 Å². The summed E-state index contributed by atoms with van der Waals surface area (Å²) in [6.07, 6.45) is 0.963. The molecule has 0 radical (unpaired) electrons. The first-order chi connectivity index (χ1) is 9.76. The average molecular weight is 261 g/mol. The van der Waals surface area contributed by atoms with Gasteiger partial charge in [0.1, 0.15) is 17.4 Å². The fourth-order valence-corrected chi connectivity index (χ4v) is 2.59. The van der Waals surface area contributed by atoms with Gasteiger partial charge in [0, 0.05) is 12.6 Å². The van der Waals surface area contributed by atoms with Crippen molar-refractivity contribution in [1.29, 1.82) is 5.26 Å². The van der Waals surface area contributed by atoms with Crippen molar-refractivity contribution >= 4 is 11.0 Å². The molecular formula is C17H15N3. The molecule has 0 saturated carbocycles. The van der Waals surface area contributed by atoms with Crippen molar-refractivity contribution in [1.82, 2.24) is 9.55 Å². The Morgan fingerprint density at radius 3 is 2.70 bits per heavy atom. The Bertz CT molecular complexity index is 822. The van der Waals surface area contributed by atoms with Crippen LogP contribution in [-0.4, -0.2) is 9.55 Å². The third kappa shape index (κ3) is 1.78. The standard InChI is InChI=1S/C17H15N3/c1-3-12-7-4-5-9-14(12)17-19-16-13(11-18)8-6-10-15(16)20(17)2/h4-10H,3H2,1-2H3. The van der Waals surface area contributed by atoms with Gasteiger partial charge >= 0.3 is 0 Å². The van der Waals surface area contributed by atoms with Gasteiger partial charge in [0.05, 0.1) is 11.1 Å². The fourth-order valence-electron chi connectivity index (χ4n) is 2.59. The molecule has 0 saturated heterocycles. The van der Waals surface area contributed by atoms with Gasteiger partial charge in [0.2, 0.25) is 0 Å². The van der Waals surface area contributed by atoms with Gasteiger partial charge in [-0.25, -0.2) is 4.98 Å². The number of benzene rings is 2. The Hall–Kier alpha value is -2.60. The lowest BCUT2D eigenvalue weighted by atomic mass is 10.0. The molecule has 0 aliphatic heterocycles. The molecule has 0 bridgehead atoms. The van der Waals surface area contributed by atoms with E-state index in [4.69, 9.17) is 4.98 Å². The average Bonchev–Trinajstić information content (AvgIpc) is 2.84. The molecule has 2 aromatic carbocycles. The van der Waals surface area contributed by atoms with Crippen molar-refractivity contribution < 1.29 is 0 Å². The predicted octanol–water partition coefficient (Wildman–Crippen LogP) is 3.67. The van der Waals surface area contributed by atoms with E-state index in [0.29, 0.717) is 5.56 Å². The number of rotatable bonds is 2. The zero-order valence-electron chi connectivity index (χ0n) is 11.6. The van der Waals surface area contributed by atoms with Crippen LogP contribution in [0.15, 0.2) is 42.5 Å². The van der Waals surface area contributed by atoms with Crippen LogP contribution >= 0.6 is 0 Å². The molecule has 1 aromatic heterocycles. The highest BCUT2D eigenvalue weighted by atomic mass is 15.1. The normalized spacial score (nSPS) is 10.7. The van der Waals surface area contributed by atoms with E-state index in [9.17, 15) is 5.26 Å². The first kappa shape index (κ1) is 12.4. The van der Waals surface area contributed by atoms with Crippen LogP contribution in [0.25, 0.3) is 22.4 Å². The van der Waals surface area contributed by atoms with Gasteiger partial charge in [-0.2, -0.15) is 5.26 Å². The van der Waals surface area contributed by atoms with Gasteiger partial charge in [-0.15, -0.1) is 0 Å². The highest BCUT2D eigenvalue weighted by Crippen LogP contribution is 2.28. The van der Waals surface area contributed by atoms with Crippen molar-refractivity contribution in [3.8, 4) is 17.5 Å². The maximum atomic E-state index is 9.21. The van der Waals surface area contributed by atoms with Gasteiger partial charge < -0.3 is 4.57 Å². The van der Waals surface area contributed by atoms with E-state index in [1.807, 2.05) is 37.4 Å². The minimum Gasteiger partial charge on any atom is -0.327 e. The molecule has 0 aliphatic rings. The number of fused-ring (bicyclic) bond motifs is 1. The van der Waals surface area contributed by atoms with Crippen molar-refractivity contribution in [3.05, 3.63) is 53.6 Å². The molecule has 1 heterocycles. The van der Waals surface area contributed by atoms with E-state index in [1.165, 1.54) is 5.56 Å². The Morgan fingerprint density at radius 2 is 1.95 bits per heavy atom. The van der Waals surface area contributed by atoms with Crippen LogP contribution in [-0.2, 0) is 13.5 Å². The number of imidazole rings is 1. The van der Waals surface area contributed by atoms with E-state index >= 15 is 0 Å². The number of hydrogen-bond donors (Lipinski definition) is 0. The molecule has 3 nitrogen and oxygen atoms in total. The van der Waals surface area contributed by atoms with Gasteiger partial charge in [-0.05, 0) is 24.1 Å². The number of hydrogen-bond acceptors (Lipinski definition) is 2. The Balaban J connectivity index is 2.33. The summed E-state index contributed by atoms with van der Waals surface area (Å²) in [6, 6.07) is 16.2. The molecule has 0 fully saturated rings. The number of aryl methyl sites for hydroxylation is 2. The first-order valence-corrected chi connectivity index (χ1v) is 6.70. The SMILES string of the molecule is CCc1ccccc1-c1nc2c(C#N)cccc2n1C. The van der Waals surface area contributed by atoms with E-state index in [-0.39, 0.29) is 0 Å². The number of para-hydroxylation sites is 1. The summed E-state index contributed by atoms with van der Waals surface area (Å²) in [7, 11) is 2.00. The number of nitriles is 1. The largest absolute Gasteiger partial charge is 0.327 e. The lowest BCUT2D eigenvalue weighted by Crippen LogP contribution is -1.95. The third-order valence-corrected chi connectivity index (χ3v) is 3.67. The van der Waals surface area contributed by atoms with Crippen LogP contribution in [0.4, 0.5) is 0 Å². The predicted molar refractivity (Wildman–Crippen MR) is 80.2 cm³/mol. The quantitative estimate of drug-likeness (QED) is 0.706. The van der Waals surface area contributed by atoms with E-state index < -0.39 is 0 Å². The molecule has 0 N–H and O–H groups in total. The van der Waals surface area contributed by atoms with Gasteiger partial charge in [0.15, 0.2) is 0 Å². The Labute approximate surface area is 118 Å². The Kier molecular flexibility index (Phi) is 3.00. The lowest BCUT2D eigenvalue weighted by Gasteiger charge is -2.07. The molecule has 0 aliphatic carbocycles. The third-order valence-electron chi connectivity index (χ3n) is 3.67. The summed E-state index contributed by atoms with van der Waals surface area (Å²) in [5.74, 6) is 0.917. The molecule has 0 amide bonds. The van der Waals surface area contributed by atoms with Crippen molar-refractivity contribution in [2.75, 3.05) is 0 Å². The van der Waals surface area contributed by atoms with Crippen LogP contribution in [0.5, 0.6) is 0 Å². The van der Waals surface area contributed by atoms with Crippen LogP contribution in [0.3, 0.4) is 0 Å². The molecule has 3 heteroatoms. The summed E-state index contributed by atoms with van der Waals surface area (Å²) in [4.78, 5) is 4.70. The lowest BCUT2D eigenvalue weighted by molar-refractivity contribution is 0.953. The molecular weight excluding hydrogens is 246 g/mol. The molecule has 3 rings (SSSR count). The summed E-state index contributed by atoms with van der Waals surface area (Å²) < 4.78 is 2.06. The second kappa shape index (κ2) is 4.82. The minimum absolute atomic E-state index is 0.623. The second-order valence-electron chi connectivity index (χ2n) is 4.79. The second-order valence-corrected chi connectivity index (χ2v) is 4.79. The van der Waals surface area contributed by atoms with E-state index in [2.05, 4.69) is 29.7 Å². The van der Waals surface area contributed by atoms with Gasteiger partial charge in [-0.1, -0.05) is 37.3 Å². The maximum Gasteiger partial charge on any atom is 0.141 e. The van der Waals surface area contributed by atoms with Crippen molar-refractivity contribution in [3.63, 3.8) is 0 Å². The molecule has 3 aromatic rings. The zero-order valence-corrected chi connectivity index (χ0v) is 11.6. The van der Waals surface area contributed by atoms with Crippen LogP contribution in [0, 0.1) is 11.3 Å². The molecule has 0 unspecified atom stereocenters. The van der Waals surface area contributed by atoms with Crippen molar-refractivity contribution in [2.45, 2.75) is 13.3 Å². The van der Waals surface area contributed by atoms with Gasteiger partial charge in [0.25, 0.3) is 0 Å². The fraction of sp³-hybridized carbons (Fsp3) is 0.176. The summed E-state index contributed by atoms with van der Waals surface area (Å²) >= 11 is 0. The minimum atomic E-state index is 0.623. The van der Waals surface area contributed by atoms with Crippen LogP contribution in [0.1, 0.15) is 18.1 Å². The highest BCUT2D eigenvalue weighted by molar-refractivity contribution is 5.85. The molecule has 0 atom stereocenters. The monoisotopic (exact) mass is 261 g/mol. The summed E-state index contributed by atoms with van der Waals surface area (Å²) in [5, 5.41) is 9.21. The Morgan fingerprint density at radius 1 is 1.15 bits per heavy atom. The summed E-state index contributed by atoms with van der Waals surface area (Å²) in [6.45, 7) is 2.14. The summed E-state index contributed by atoms with van der Waals surface area (Å²) in [5.41, 5.74) is 4.80. The maximum absolute atomic E-state index is 9.21. The molecule has 0 spiro atoms. The van der Waals surface area contributed by atoms with E-state index in [0.717, 1.165) is 28.8 Å². The van der Waals surface area contributed by atoms with Crippen molar-refractivity contribution in [2.24, 2.45) is 7.05 Å². The number of aromatic nitrogens is 2. The topological polar surface area (TPSA) is 41.6 Å². The smallest absolute Gasteiger partial charge is 0.141 e. The van der Waals surface area contributed by atoms with Gasteiger partial charge in [-0.3, -0.25) is 0 Å². The highest BCUT2D eigenvalue weighted by Gasteiger charge is 2.14. The molecule has 20 heavy (non-hydrogen) atoms. The first-order valence-electron chi connectivity index (χ1n) is 6.70.